The number of ketones is 2. The lowest BCUT2D eigenvalue weighted by atomic mass is 9.91. The molecule has 79 heavy (non-hydrogen) atoms. The molecule has 0 fully saturated rings. The van der Waals surface area contributed by atoms with Crippen LogP contribution in [0.4, 0.5) is 0 Å². The molecule has 3 atom stereocenters. The Morgan fingerprint density at radius 1 is 0.608 bits per heavy atom. The molecule has 6 aromatic rings. The fourth-order valence-electron chi connectivity index (χ4n) is 7.85. The van der Waals surface area contributed by atoms with Gasteiger partial charge in [-0.1, -0.05) is 90.5 Å². The van der Waals surface area contributed by atoms with Gasteiger partial charge in [0.1, 0.15) is 29.6 Å². The summed E-state index contributed by atoms with van der Waals surface area (Å²) >= 11 is 0. The molecule has 0 amide bonds. The van der Waals surface area contributed by atoms with Crippen LogP contribution in [0.15, 0.2) is 139 Å². The zero-order valence-electron chi connectivity index (χ0n) is 47.3. The number of allylic oxidation sites excluding steroid dienone is 4. The van der Waals surface area contributed by atoms with Crippen molar-refractivity contribution in [2.24, 2.45) is 17.1 Å². The Kier molecular flexibility index (Phi) is 27.2. The molecule has 2 heterocycles. The van der Waals surface area contributed by atoms with Gasteiger partial charge in [-0.2, -0.15) is 0 Å². The van der Waals surface area contributed by atoms with Crippen molar-refractivity contribution in [2.45, 2.75) is 107 Å². The highest BCUT2D eigenvalue weighted by Gasteiger charge is 2.24. The number of aliphatic carboxylic acids is 1. The highest BCUT2D eigenvalue weighted by Crippen LogP contribution is 2.36. The molecular formula is C64H79N3O12. The van der Waals surface area contributed by atoms with Crippen molar-refractivity contribution in [2.75, 3.05) is 46.2 Å². The van der Waals surface area contributed by atoms with Gasteiger partial charge in [0.2, 0.25) is 0 Å². The topological polar surface area (TPSA) is 213 Å². The first kappa shape index (κ1) is 63.9. The van der Waals surface area contributed by atoms with E-state index in [9.17, 15) is 24.0 Å². The predicted octanol–water partition coefficient (Wildman–Crippen LogP) is 11.6. The van der Waals surface area contributed by atoms with Gasteiger partial charge in [-0.05, 0) is 134 Å². The number of nitrogens with zero attached hydrogens (tertiary/aromatic N) is 2. The largest absolute Gasteiger partial charge is 0.494 e. The van der Waals surface area contributed by atoms with Crippen molar-refractivity contribution < 1.29 is 57.5 Å². The third-order valence-corrected chi connectivity index (χ3v) is 12.2. The van der Waals surface area contributed by atoms with Crippen LogP contribution in [0.5, 0.6) is 11.5 Å². The Bertz CT molecular complexity index is 2950. The average Bonchev–Trinajstić information content (AvgIpc) is 3.82. The minimum Gasteiger partial charge on any atom is -0.494 e. The zero-order chi connectivity index (χ0) is 57.7. The maximum absolute atomic E-state index is 12.1. The van der Waals surface area contributed by atoms with Crippen molar-refractivity contribution >= 4 is 56.9 Å². The number of carbonyl (C=O) groups excluding carboxylic acids is 4. The van der Waals surface area contributed by atoms with E-state index < -0.39 is 23.6 Å². The first-order valence-corrected chi connectivity index (χ1v) is 27.0. The van der Waals surface area contributed by atoms with Gasteiger partial charge >= 0.3 is 17.9 Å². The number of hydrogen-bond acceptors (Lipinski definition) is 14. The highest BCUT2D eigenvalue weighted by molar-refractivity contribution is 5.98. The SMILES string of the molecule is CC(=O)CCC(=O)c1ccc2ccccc2n1.CC(C)(C)C(=O)O.CCOC(=O)[C@H](Cc1ccc(OCCC2C(C)=CC=C2c2ccc3ccccc3n2)cc1)OCC.CCOC(=O)[C@H](Cc1ccc(OCCN)cc1)OCC. The van der Waals surface area contributed by atoms with E-state index in [2.05, 4.69) is 48.3 Å². The predicted molar refractivity (Wildman–Crippen MR) is 309 cm³/mol. The Morgan fingerprint density at radius 3 is 1.56 bits per heavy atom. The number of rotatable bonds is 24. The van der Waals surface area contributed by atoms with Gasteiger partial charge in [0.25, 0.3) is 0 Å². The molecule has 1 aliphatic carbocycles. The molecule has 0 spiro atoms. The Hall–Kier alpha value is -7.59. The number of esters is 2. The summed E-state index contributed by atoms with van der Waals surface area (Å²) in [5, 5.41) is 10.4. The van der Waals surface area contributed by atoms with E-state index in [4.69, 9.17) is 44.2 Å². The van der Waals surface area contributed by atoms with Gasteiger partial charge in [0.15, 0.2) is 18.0 Å². The second kappa shape index (κ2) is 33.6. The number of nitrogens with two attached hydrogens (primary N) is 1. The highest BCUT2D eigenvalue weighted by atomic mass is 16.6. The van der Waals surface area contributed by atoms with Crippen molar-refractivity contribution in [1.82, 2.24) is 9.97 Å². The minimum atomic E-state index is -0.757. The lowest BCUT2D eigenvalue weighted by molar-refractivity contribution is -0.157. The van der Waals surface area contributed by atoms with Crippen LogP contribution >= 0.6 is 0 Å². The molecule has 7 rings (SSSR count). The first-order valence-electron chi connectivity index (χ1n) is 27.0. The quantitative estimate of drug-likeness (QED) is 0.0426. The lowest BCUT2D eigenvalue weighted by Crippen LogP contribution is -2.28. The lowest BCUT2D eigenvalue weighted by Gasteiger charge is -2.18. The van der Waals surface area contributed by atoms with Crippen molar-refractivity contribution in [3.63, 3.8) is 0 Å². The van der Waals surface area contributed by atoms with Crippen molar-refractivity contribution in [3.05, 3.63) is 162 Å². The van der Waals surface area contributed by atoms with Crippen LogP contribution in [0.3, 0.4) is 0 Å². The Balaban J connectivity index is 0.000000259. The van der Waals surface area contributed by atoms with E-state index in [0.29, 0.717) is 70.6 Å². The maximum Gasteiger partial charge on any atom is 0.335 e. The van der Waals surface area contributed by atoms with Crippen molar-refractivity contribution in [3.8, 4) is 11.5 Å². The number of hydrogen-bond donors (Lipinski definition) is 2. The number of fused-ring (bicyclic) bond motifs is 2. The number of Topliss-reactive ketones (excluding diaryl/α,β-unsaturated/α-hetero) is 2. The average molecular weight is 1080 g/mol. The second-order valence-corrected chi connectivity index (χ2v) is 19.4. The summed E-state index contributed by atoms with van der Waals surface area (Å²) in [6.07, 6.45) is 5.59. The smallest absolute Gasteiger partial charge is 0.335 e. The first-order chi connectivity index (χ1) is 37.9. The summed E-state index contributed by atoms with van der Waals surface area (Å²) in [5.74, 6) is 0.421. The summed E-state index contributed by atoms with van der Waals surface area (Å²) in [7, 11) is 0. The standard InChI is InChI=1S/C30H33NO4.C15H23NO4.C14H13NO2.C5H10O2/c1-4-33-29(30(32)34-5-2)20-22-11-14-24(15-12-22)35-19-18-25-21(3)10-16-26(25)28-17-13-23-8-6-7-9-27(23)31-28;1-3-18-14(15(17)19-4-2)11-12-5-7-13(8-6-12)20-10-9-16;1-10(16)6-9-14(17)13-8-7-11-4-2-3-5-12(11)15-13;1-5(2,3)4(6)7/h6-17,25,29H,4-5,18-20H2,1-3H3;5-8,14H,3-4,9-11,16H2,1-2H3;2-5,7-8H,6,9H2,1H3;1-3H3,(H,6,7)/t25?,29-;14-;;/m00../s1. The van der Waals surface area contributed by atoms with Crippen LogP contribution in [0, 0.1) is 11.3 Å². The Labute approximate surface area is 465 Å². The number of carboxylic acid groups (broad SMARTS) is 1. The summed E-state index contributed by atoms with van der Waals surface area (Å²) in [6, 6.07) is 39.1. The van der Waals surface area contributed by atoms with Crippen LogP contribution in [-0.4, -0.2) is 103 Å². The number of aromatic nitrogens is 2. The van der Waals surface area contributed by atoms with Gasteiger partial charge < -0.3 is 44.1 Å². The molecule has 1 unspecified atom stereocenters. The molecule has 15 nitrogen and oxygen atoms in total. The summed E-state index contributed by atoms with van der Waals surface area (Å²) < 4.78 is 32.6. The third-order valence-electron chi connectivity index (χ3n) is 12.2. The molecule has 0 bridgehead atoms. The molecule has 1 aliphatic rings. The number of ether oxygens (including phenoxy) is 6. The normalized spacial score (nSPS) is 13.4. The maximum atomic E-state index is 12.1. The molecule has 3 N–H and O–H groups in total. The van der Waals surface area contributed by atoms with E-state index in [0.717, 1.165) is 56.5 Å². The van der Waals surface area contributed by atoms with Gasteiger partial charge in [0, 0.05) is 62.1 Å². The molecule has 422 valence electrons. The second-order valence-electron chi connectivity index (χ2n) is 19.4. The van der Waals surface area contributed by atoms with E-state index >= 15 is 0 Å². The molecular weight excluding hydrogens is 1000 g/mol. The van der Waals surface area contributed by atoms with Crippen LogP contribution in [0.1, 0.15) is 109 Å². The summed E-state index contributed by atoms with van der Waals surface area (Å²) in [6.45, 7) is 19.2. The third kappa shape index (κ3) is 22.0. The van der Waals surface area contributed by atoms with Gasteiger partial charge in [-0.3, -0.25) is 9.59 Å². The molecule has 0 aliphatic heterocycles. The number of para-hydroxylation sites is 2. The molecule has 4 aromatic carbocycles. The molecule has 0 radical (unpaired) electrons. The molecule has 2 aromatic heterocycles. The van der Waals surface area contributed by atoms with Crippen LogP contribution in [0.25, 0.3) is 27.4 Å². The molecule has 15 heteroatoms. The summed E-state index contributed by atoms with van der Waals surface area (Å²) in [4.78, 5) is 65.7. The van der Waals surface area contributed by atoms with Crippen LogP contribution < -0.4 is 15.2 Å². The fraction of sp³-hybridized carbons (Fsp3) is 0.391. The number of carbonyl (C=O) groups is 5. The minimum absolute atomic E-state index is 0.0270. The van der Waals surface area contributed by atoms with Gasteiger partial charge in [-0.25, -0.2) is 19.6 Å². The van der Waals surface area contributed by atoms with Gasteiger partial charge in [-0.15, -0.1) is 0 Å². The van der Waals surface area contributed by atoms with E-state index in [1.54, 1.807) is 40.7 Å². The Morgan fingerprint density at radius 2 is 1.09 bits per heavy atom. The van der Waals surface area contributed by atoms with E-state index in [1.807, 2.05) is 105 Å². The fourth-order valence-corrected chi connectivity index (χ4v) is 7.85. The van der Waals surface area contributed by atoms with E-state index in [-0.39, 0.29) is 36.3 Å². The number of pyridine rings is 2. The monoisotopic (exact) mass is 1080 g/mol. The number of benzene rings is 4. The van der Waals surface area contributed by atoms with Crippen molar-refractivity contribution in [1.29, 1.82) is 0 Å². The molecule has 0 saturated carbocycles. The van der Waals surface area contributed by atoms with Crippen LogP contribution in [0.2, 0.25) is 0 Å². The van der Waals surface area contributed by atoms with Gasteiger partial charge in [0.05, 0.1) is 42.0 Å². The van der Waals surface area contributed by atoms with E-state index in [1.165, 1.54) is 18.1 Å². The number of carboxylic acids is 1. The zero-order valence-corrected chi connectivity index (χ0v) is 47.3. The van der Waals surface area contributed by atoms with Crippen LogP contribution in [-0.2, 0) is 51.0 Å². The molecule has 0 saturated heterocycles. The summed E-state index contributed by atoms with van der Waals surface area (Å²) in [5.41, 5.74) is 12.6.